The summed E-state index contributed by atoms with van der Waals surface area (Å²) in [6, 6.07) is 8.70. The van der Waals surface area contributed by atoms with Gasteiger partial charge in [0.05, 0.1) is 0 Å². The average Bonchev–Trinajstić information content (AvgIpc) is 2.38. The van der Waals surface area contributed by atoms with Gasteiger partial charge in [-0.3, -0.25) is 4.99 Å². The van der Waals surface area contributed by atoms with Crippen LogP contribution in [0, 0.1) is 12.8 Å². The minimum Gasteiger partial charge on any atom is -0.357 e. The van der Waals surface area contributed by atoms with Gasteiger partial charge in [-0.2, -0.15) is 0 Å². The summed E-state index contributed by atoms with van der Waals surface area (Å²) in [6.07, 6.45) is 1.02. The number of nitrogens with one attached hydrogen (secondary N) is 2. The Morgan fingerprint density at radius 2 is 1.84 bits per heavy atom. The smallest absolute Gasteiger partial charge is 0.191 e. The summed E-state index contributed by atoms with van der Waals surface area (Å²) < 4.78 is 0. The zero-order valence-electron chi connectivity index (χ0n) is 12.7. The zero-order valence-corrected chi connectivity index (χ0v) is 12.7. The summed E-state index contributed by atoms with van der Waals surface area (Å²) in [5, 5.41) is 6.65. The fourth-order valence-electron chi connectivity index (χ4n) is 1.70. The van der Waals surface area contributed by atoms with E-state index in [0.29, 0.717) is 5.92 Å². The summed E-state index contributed by atoms with van der Waals surface area (Å²) >= 11 is 0. The average molecular weight is 261 g/mol. The summed E-state index contributed by atoms with van der Waals surface area (Å²) in [7, 11) is 0. The standard InChI is InChI=1S/C16H27N3/c1-5-17-16(19-12-13(2)3)18-11-10-15-8-6-14(4)7-9-15/h6-9,13H,5,10-12H2,1-4H3,(H2,17,18,19). The third kappa shape index (κ3) is 6.85. The van der Waals surface area contributed by atoms with Gasteiger partial charge >= 0.3 is 0 Å². The summed E-state index contributed by atoms with van der Waals surface area (Å²) in [6.45, 7) is 11.2. The van der Waals surface area contributed by atoms with Crippen molar-refractivity contribution in [1.29, 1.82) is 0 Å². The molecule has 0 spiro atoms. The molecular weight excluding hydrogens is 234 g/mol. The number of nitrogens with zero attached hydrogens (tertiary/aromatic N) is 1. The SMILES string of the molecule is CCNC(=NCC(C)C)NCCc1ccc(C)cc1. The molecule has 0 aromatic heterocycles. The Kier molecular flexibility index (Phi) is 7.01. The van der Waals surface area contributed by atoms with Crippen molar-refractivity contribution in [3.63, 3.8) is 0 Å². The fraction of sp³-hybridized carbons (Fsp3) is 0.562. The number of guanidine groups is 1. The Hall–Kier alpha value is -1.51. The van der Waals surface area contributed by atoms with Crippen LogP contribution in [-0.4, -0.2) is 25.6 Å². The molecule has 2 N–H and O–H groups in total. The van der Waals surface area contributed by atoms with Crippen molar-refractivity contribution in [2.75, 3.05) is 19.6 Å². The van der Waals surface area contributed by atoms with Gasteiger partial charge in [-0.05, 0) is 31.7 Å². The fourth-order valence-corrected chi connectivity index (χ4v) is 1.70. The first-order chi connectivity index (χ1) is 9.11. The Morgan fingerprint density at radius 1 is 1.16 bits per heavy atom. The van der Waals surface area contributed by atoms with Crippen LogP contribution in [0.1, 0.15) is 31.9 Å². The van der Waals surface area contributed by atoms with Gasteiger partial charge in [0.25, 0.3) is 0 Å². The number of benzene rings is 1. The number of hydrogen-bond donors (Lipinski definition) is 2. The second kappa shape index (κ2) is 8.57. The van der Waals surface area contributed by atoms with E-state index in [1.54, 1.807) is 0 Å². The van der Waals surface area contributed by atoms with Crippen LogP contribution < -0.4 is 10.6 Å². The first-order valence-electron chi connectivity index (χ1n) is 7.19. The van der Waals surface area contributed by atoms with Gasteiger partial charge in [0.15, 0.2) is 5.96 Å². The lowest BCUT2D eigenvalue weighted by atomic mass is 10.1. The molecule has 19 heavy (non-hydrogen) atoms. The maximum Gasteiger partial charge on any atom is 0.191 e. The summed E-state index contributed by atoms with van der Waals surface area (Å²) in [5.74, 6) is 1.51. The van der Waals surface area contributed by atoms with E-state index in [-0.39, 0.29) is 0 Å². The molecule has 0 radical (unpaired) electrons. The van der Waals surface area contributed by atoms with Crippen molar-refractivity contribution in [1.82, 2.24) is 10.6 Å². The maximum absolute atomic E-state index is 4.55. The van der Waals surface area contributed by atoms with E-state index in [0.717, 1.165) is 32.0 Å². The molecule has 1 aromatic carbocycles. The van der Waals surface area contributed by atoms with Crippen LogP contribution in [0.25, 0.3) is 0 Å². The molecular formula is C16H27N3. The second-order valence-electron chi connectivity index (χ2n) is 5.28. The van der Waals surface area contributed by atoms with Crippen molar-refractivity contribution in [2.45, 2.75) is 34.1 Å². The third-order valence-corrected chi connectivity index (χ3v) is 2.79. The lowest BCUT2D eigenvalue weighted by Crippen LogP contribution is -2.38. The maximum atomic E-state index is 4.55. The van der Waals surface area contributed by atoms with Gasteiger partial charge in [0, 0.05) is 19.6 Å². The lowest BCUT2D eigenvalue weighted by Gasteiger charge is -2.12. The van der Waals surface area contributed by atoms with E-state index in [1.165, 1.54) is 11.1 Å². The summed E-state index contributed by atoms with van der Waals surface area (Å²) in [4.78, 5) is 4.55. The van der Waals surface area contributed by atoms with E-state index in [4.69, 9.17) is 0 Å². The van der Waals surface area contributed by atoms with Crippen LogP contribution >= 0.6 is 0 Å². The Balaban J connectivity index is 2.39. The monoisotopic (exact) mass is 261 g/mol. The van der Waals surface area contributed by atoms with Crippen LogP contribution in [0.5, 0.6) is 0 Å². The van der Waals surface area contributed by atoms with Crippen molar-refractivity contribution in [3.05, 3.63) is 35.4 Å². The molecule has 0 heterocycles. The molecule has 1 rings (SSSR count). The second-order valence-corrected chi connectivity index (χ2v) is 5.28. The highest BCUT2D eigenvalue weighted by molar-refractivity contribution is 5.79. The van der Waals surface area contributed by atoms with Gasteiger partial charge in [-0.1, -0.05) is 43.7 Å². The normalized spacial score (nSPS) is 11.7. The Bertz CT molecular complexity index is 379. The first-order valence-corrected chi connectivity index (χ1v) is 7.19. The highest BCUT2D eigenvalue weighted by Crippen LogP contribution is 2.03. The van der Waals surface area contributed by atoms with E-state index in [2.05, 4.69) is 67.6 Å². The molecule has 0 atom stereocenters. The molecule has 0 amide bonds. The summed E-state index contributed by atoms with van der Waals surface area (Å²) in [5.41, 5.74) is 2.67. The van der Waals surface area contributed by atoms with Gasteiger partial charge in [0.1, 0.15) is 0 Å². The molecule has 3 heteroatoms. The predicted octanol–water partition coefficient (Wildman–Crippen LogP) is 2.75. The molecule has 1 aromatic rings. The van der Waals surface area contributed by atoms with E-state index in [1.807, 2.05) is 0 Å². The molecule has 0 saturated carbocycles. The zero-order chi connectivity index (χ0) is 14.1. The van der Waals surface area contributed by atoms with Crippen molar-refractivity contribution in [2.24, 2.45) is 10.9 Å². The molecule has 0 saturated heterocycles. The Labute approximate surface area is 117 Å². The quantitative estimate of drug-likeness (QED) is 0.610. The number of hydrogen-bond acceptors (Lipinski definition) is 1. The van der Waals surface area contributed by atoms with Gasteiger partial charge < -0.3 is 10.6 Å². The molecule has 106 valence electrons. The minimum atomic E-state index is 0.590. The van der Waals surface area contributed by atoms with Gasteiger partial charge in [-0.25, -0.2) is 0 Å². The highest BCUT2D eigenvalue weighted by atomic mass is 15.2. The molecule has 0 aliphatic carbocycles. The van der Waals surface area contributed by atoms with Crippen molar-refractivity contribution < 1.29 is 0 Å². The van der Waals surface area contributed by atoms with Crippen LogP contribution in [0.2, 0.25) is 0 Å². The van der Waals surface area contributed by atoms with E-state index < -0.39 is 0 Å². The first kappa shape index (κ1) is 15.5. The van der Waals surface area contributed by atoms with Gasteiger partial charge in [-0.15, -0.1) is 0 Å². The van der Waals surface area contributed by atoms with Crippen molar-refractivity contribution >= 4 is 5.96 Å². The molecule has 3 nitrogen and oxygen atoms in total. The van der Waals surface area contributed by atoms with E-state index in [9.17, 15) is 0 Å². The molecule has 0 bridgehead atoms. The molecule has 0 unspecified atom stereocenters. The van der Waals surface area contributed by atoms with Crippen LogP contribution in [0.3, 0.4) is 0 Å². The van der Waals surface area contributed by atoms with Crippen LogP contribution in [0.4, 0.5) is 0 Å². The van der Waals surface area contributed by atoms with Crippen LogP contribution in [-0.2, 0) is 6.42 Å². The molecule has 0 aliphatic heterocycles. The lowest BCUT2D eigenvalue weighted by molar-refractivity contribution is 0.656. The third-order valence-electron chi connectivity index (χ3n) is 2.79. The van der Waals surface area contributed by atoms with E-state index >= 15 is 0 Å². The number of aliphatic imine (C=N–C) groups is 1. The molecule has 0 aliphatic rings. The highest BCUT2D eigenvalue weighted by Gasteiger charge is 1.98. The number of aryl methyl sites for hydroxylation is 1. The number of rotatable bonds is 6. The topological polar surface area (TPSA) is 36.4 Å². The Morgan fingerprint density at radius 3 is 2.42 bits per heavy atom. The van der Waals surface area contributed by atoms with Crippen molar-refractivity contribution in [3.8, 4) is 0 Å². The minimum absolute atomic E-state index is 0.590. The van der Waals surface area contributed by atoms with Crippen LogP contribution in [0.15, 0.2) is 29.3 Å². The molecule has 0 fully saturated rings. The largest absolute Gasteiger partial charge is 0.357 e. The predicted molar refractivity (Wildman–Crippen MR) is 83.7 cm³/mol. The van der Waals surface area contributed by atoms with Gasteiger partial charge in [0.2, 0.25) is 0 Å².